The molecule has 2 aromatic rings. The highest BCUT2D eigenvalue weighted by molar-refractivity contribution is 5.88. The van der Waals surface area contributed by atoms with E-state index < -0.39 is 0 Å². The van der Waals surface area contributed by atoms with Crippen molar-refractivity contribution < 1.29 is 14.4 Å². The van der Waals surface area contributed by atoms with Crippen LogP contribution in [0.3, 0.4) is 0 Å². The lowest BCUT2D eigenvalue weighted by Crippen LogP contribution is -2.30. The summed E-state index contributed by atoms with van der Waals surface area (Å²) in [5.41, 5.74) is 4.49. The van der Waals surface area contributed by atoms with Crippen molar-refractivity contribution in [1.82, 2.24) is 5.06 Å². The van der Waals surface area contributed by atoms with E-state index in [-0.39, 0.29) is 6.03 Å². The minimum absolute atomic E-state index is 0.343. The maximum absolute atomic E-state index is 11.8. The van der Waals surface area contributed by atoms with E-state index >= 15 is 0 Å². The number of carbonyl (C=O) groups excluding carboxylic acids is 1. The Kier molecular flexibility index (Phi) is 6.21. The van der Waals surface area contributed by atoms with E-state index in [1.165, 1.54) is 23.8 Å². The van der Waals surface area contributed by atoms with Crippen LogP contribution in [-0.4, -0.2) is 31.9 Å². The van der Waals surface area contributed by atoms with Gasteiger partial charge in [-0.3, -0.25) is 4.84 Å². The summed E-state index contributed by atoms with van der Waals surface area (Å²) in [5, 5.41) is 3.86. The minimum atomic E-state index is -0.343. The number of aryl methyl sites for hydroxylation is 2. The Balaban J connectivity index is 1.91. The Morgan fingerprint density at radius 2 is 1.96 bits per heavy atom. The molecule has 1 N–H and O–H groups in total. The van der Waals surface area contributed by atoms with Crippen LogP contribution in [0, 0.1) is 13.8 Å². The molecule has 24 heavy (non-hydrogen) atoms. The van der Waals surface area contributed by atoms with Crippen molar-refractivity contribution in [3.8, 4) is 5.75 Å². The van der Waals surface area contributed by atoms with Gasteiger partial charge in [-0.1, -0.05) is 29.8 Å². The van der Waals surface area contributed by atoms with E-state index in [2.05, 4.69) is 37.4 Å². The molecule has 0 atom stereocenters. The number of rotatable bonds is 6. The molecule has 0 heterocycles. The fraction of sp³-hybridized carbons (Fsp3) is 0.316. The van der Waals surface area contributed by atoms with Crippen LogP contribution in [0.4, 0.5) is 10.5 Å². The first-order chi connectivity index (χ1) is 11.5. The Morgan fingerprint density at radius 3 is 2.67 bits per heavy atom. The number of anilines is 1. The lowest BCUT2D eigenvalue weighted by molar-refractivity contribution is -0.0598. The standard InChI is InChI=1S/C19H24N2O3/c1-14-8-9-16(15(2)12-14)10-11-24-18-7-5-6-17(13-18)20-19(22)21(3)23-4/h5-9,12-13H,10-11H2,1-4H3,(H,20,22). The van der Waals surface area contributed by atoms with Crippen LogP contribution >= 0.6 is 0 Å². The first-order valence-corrected chi connectivity index (χ1v) is 7.87. The maximum Gasteiger partial charge on any atom is 0.345 e. The summed E-state index contributed by atoms with van der Waals surface area (Å²) in [6, 6.07) is 13.4. The Bertz CT molecular complexity index is 701. The molecule has 0 aliphatic heterocycles. The van der Waals surface area contributed by atoms with Gasteiger partial charge < -0.3 is 10.1 Å². The molecular weight excluding hydrogens is 304 g/mol. The van der Waals surface area contributed by atoms with Crippen molar-refractivity contribution in [2.75, 3.05) is 26.1 Å². The van der Waals surface area contributed by atoms with Crippen molar-refractivity contribution in [3.05, 3.63) is 59.2 Å². The Hall–Kier alpha value is -2.53. The lowest BCUT2D eigenvalue weighted by atomic mass is 10.0. The van der Waals surface area contributed by atoms with Gasteiger partial charge in [-0.2, -0.15) is 0 Å². The molecule has 2 aromatic carbocycles. The molecular formula is C19H24N2O3. The average molecular weight is 328 g/mol. The van der Waals surface area contributed by atoms with E-state index in [0.29, 0.717) is 12.3 Å². The number of hydrogen-bond acceptors (Lipinski definition) is 3. The van der Waals surface area contributed by atoms with Crippen LogP contribution < -0.4 is 10.1 Å². The molecule has 0 fully saturated rings. The molecule has 2 rings (SSSR count). The van der Waals surface area contributed by atoms with E-state index in [9.17, 15) is 4.79 Å². The van der Waals surface area contributed by atoms with E-state index in [4.69, 9.17) is 9.57 Å². The van der Waals surface area contributed by atoms with Crippen LogP contribution in [0.1, 0.15) is 16.7 Å². The van der Waals surface area contributed by atoms with E-state index in [1.54, 1.807) is 19.2 Å². The molecule has 0 bridgehead atoms. The normalized spacial score (nSPS) is 10.3. The second-order valence-corrected chi connectivity index (χ2v) is 5.67. The van der Waals surface area contributed by atoms with Gasteiger partial charge >= 0.3 is 6.03 Å². The second-order valence-electron chi connectivity index (χ2n) is 5.67. The molecule has 5 nitrogen and oxygen atoms in total. The highest BCUT2D eigenvalue weighted by Crippen LogP contribution is 2.18. The van der Waals surface area contributed by atoms with Crippen molar-refractivity contribution in [2.45, 2.75) is 20.3 Å². The van der Waals surface area contributed by atoms with Gasteiger partial charge in [-0.15, -0.1) is 0 Å². The summed E-state index contributed by atoms with van der Waals surface area (Å²) >= 11 is 0. The van der Waals surface area contributed by atoms with Crippen molar-refractivity contribution in [2.24, 2.45) is 0 Å². The molecule has 128 valence electrons. The van der Waals surface area contributed by atoms with Crippen LogP contribution in [0.15, 0.2) is 42.5 Å². The summed E-state index contributed by atoms with van der Waals surface area (Å²) in [6.45, 7) is 4.79. The molecule has 0 aromatic heterocycles. The minimum Gasteiger partial charge on any atom is -0.493 e. The van der Waals surface area contributed by atoms with Gasteiger partial charge in [0.25, 0.3) is 0 Å². The third-order valence-corrected chi connectivity index (χ3v) is 3.78. The number of ether oxygens (including phenoxy) is 1. The second kappa shape index (κ2) is 8.36. The number of amides is 2. The van der Waals surface area contributed by atoms with Gasteiger partial charge in [-0.25, -0.2) is 9.86 Å². The highest BCUT2D eigenvalue weighted by Gasteiger charge is 2.08. The molecule has 5 heteroatoms. The maximum atomic E-state index is 11.8. The largest absolute Gasteiger partial charge is 0.493 e. The third kappa shape index (κ3) is 4.99. The van der Waals surface area contributed by atoms with Gasteiger partial charge in [0.05, 0.1) is 13.7 Å². The fourth-order valence-corrected chi connectivity index (χ4v) is 2.35. The number of nitrogens with one attached hydrogen (secondary N) is 1. The third-order valence-electron chi connectivity index (χ3n) is 3.78. The number of carbonyl (C=O) groups is 1. The first-order valence-electron chi connectivity index (χ1n) is 7.87. The molecule has 0 aliphatic carbocycles. The van der Waals surface area contributed by atoms with Crippen LogP contribution in [-0.2, 0) is 11.3 Å². The Labute approximate surface area is 143 Å². The predicted molar refractivity (Wildman–Crippen MR) is 95.3 cm³/mol. The molecule has 0 saturated heterocycles. The van der Waals surface area contributed by atoms with E-state index in [0.717, 1.165) is 17.2 Å². The van der Waals surface area contributed by atoms with Gasteiger partial charge in [0.15, 0.2) is 0 Å². The van der Waals surface area contributed by atoms with Gasteiger partial charge in [0, 0.05) is 25.2 Å². The van der Waals surface area contributed by atoms with Crippen molar-refractivity contribution in [3.63, 3.8) is 0 Å². The van der Waals surface area contributed by atoms with Gasteiger partial charge in [0.2, 0.25) is 0 Å². The first kappa shape index (κ1) is 17.8. The summed E-state index contributed by atoms with van der Waals surface area (Å²) in [7, 11) is 2.98. The lowest BCUT2D eigenvalue weighted by Gasteiger charge is -2.15. The van der Waals surface area contributed by atoms with Crippen LogP contribution in [0.5, 0.6) is 5.75 Å². The number of benzene rings is 2. The van der Waals surface area contributed by atoms with Crippen molar-refractivity contribution >= 4 is 11.7 Å². The quantitative estimate of drug-likeness (QED) is 0.817. The monoisotopic (exact) mass is 328 g/mol. The molecule has 0 spiro atoms. The van der Waals surface area contributed by atoms with E-state index in [1.807, 2.05) is 12.1 Å². The number of nitrogens with zero attached hydrogens (tertiary/aromatic N) is 1. The molecule has 2 amide bonds. The molecule has 0 unspecified atom stereocenters. The SMILES string of the molecule is CON(C)C(=O)Nc1cccc(OCCc2ccc(C)cc2C)c1. The van der Waals surface area contributed by atoms with Gasteiger partial charge in [-0.05, 0) is 37.1 Å². The summed E-state index contributed by atoms with van der Waals surface area (Å²) < 4.78 is 5.81. The number of urea groups is 1. The van der Waals surface area contributed by atoms with Crippen LogP contribution in [0.2, 0.25) is 0 Å². The van der Waals surface area contributed by atoms with Gasteiger partial charge in [0.1, 0.15) is 5.75 Å². The Morgan fingerprint density at radius 1 is 1.17 bits per heavy atom. The molecule has 0 radical (unpaired) electrons. The summed E-state index contributed by atoms with van der Waals surface area (Å²) in [5.74, 6) is 0.720. The van der Waals surface area contributed by atoms with Crippen LogP contribution in [0.25, 0.3) is 0 Å². The smallest absolute Gasteiger partial charge is 0.345 e. The number of hydroxylamine groups is 2. The average Bonchev–Trinajstić information content (AvgIpc) is 2.56. The zero-order valence-electron chi connectivity index (χ0n) is 14.6. The summed E-state index contributed by atoms with van der Waals surface area (Å²) in [4.78, 5) is 16.6. The predicted octanol–water partition coefficient (Wildman–Crippen LogP) is 3.95. The molecule has 0 saturated carbocycles. The molecule has 0 aliphatic rings. The summed E-state index contributed by atoms with van der Waals surface area (Å²) in [6.07, 6.45) is 0.842. The fourth-order valence-electron chi connectivity index (χ4n) is 2.35. The highest BCUT2D eigenvalue weighted by atomic mass is 16.7. The number of hydrogen-bond donors (Lipinski definition) is 1. The zero-order chi connectivity index (χ0) is 17.5. The zero-order valence-corrected chi connectivity index (χ0v) is 14.6. The van der Waals surface area contributed by atoms with Crippen molar-refractivity contribution in [1.29, 1.82) is 0 Å². The topological polar surface area (TPSA) is 50.8 Å².